The van der Waals surface area contributed by atoms with Gasteiger partial charge in [0.15, 0.2) is 0 Å². The van der Waals surface area contributed by atoms with Gasteiger partial charge in [-0.05, 0) is 63.0 Å². The molecule has 3 aliphatic rings. The van der Waals surface area contributed by atoms with Crippen LogP contribution in [-0.2, 0) is 35.1 Å². The van der Waals surface area contributed by atoms with E-state index in [1.165, 1.54) is 4.90 Å². The van der Waals surface area contributed by atoms with E-state index >= 15 is 9.59 Å². The van der Waals surface area contributed by atoms with Crippen LogP contribution in [0.25, 0.3) is 0 Å². The van der Waals surface area contributed by atoms with Gasteiger partial charge in [-0.15, -0.1) is 13.2 Å². The molecule has 0 saturated carbocycles. The van der Waals surface area contributed by atoms with Crippen molar-refractivity contribution >= 4 is 39.6 Å². The predicted molar refractivity (Wildman–Crippen MR) is 221 cm³/mol. The molecule has 11 heteroatoms. The second-order valence-electron chi connectivity index (χ2n) is 17.6. The predicted octanol–water partition coefficient (Wildman–Crippen LogP) is 6.67. The maximum Gasteiger partial charge on any atom is 0.313 e. The molecule has 2 aromatic carbocycles. The molecule has 3 amide bonds. The monoisotopic (exact) mass is 833 g/mol. The van der Waals surface area contributed by atoms with E-state index in [4.69, 9.17) is 9.47 Å². The van der Waals surface area contributed by atoms with Crippen molar-refractivity contribution in [3.63, 3.8) is 0 Å². The minimum absolute atomic E-state index is 0.119. The highest BCUT2D eigenvalue weighted by atomic mass is 79.9. The van der Waals surface area contributed by atoms with Crippen LogP contribution in [0.4, 0.5) is 0 Å². The average molecular weight is 835 g/mol. The normalized spacial score (nSPS) is 25.9. The largest absolute Gasteiger partial charge is 0.455 e. The van der Waals surface area contributed by atoms with Crippen LogP contribution in [0, 0.1) is 17.3 Å². The fraction of sp³-hybridized carbons (Fsp3) is 0.556. The molecule has 1 spiro atoms. The number of halogens is 1. The topological polar surface area (TPSA) is 117 Å². The van der Waals surface area contributed by atoms with E-state index in [0.29, 0.717) is 31.2 Å². The van der Waals surface area contributed by atoms with Crippen molar-refractivity contribution < 1.29 is 33.8 Å². The molecule has 1 unspecified atom stereocenters. The number of aliphatic hydroxyl groups excluding tert-OH is 1. The zero-order valence-electron chi connectivity index (χ0n) is 34.0. The minimum atomic E-state index is -1.39. The Labute approximate surface area is 341 Å². The second kappa shape index (κ2) is 17.4. The minimum Gasteiger partial charge on any atom is -0.455 e. The number of ether oxygens (including phenoxy) is 2. The number of esters is 1. The molecule has 10 nitrogen and oxygen atoms in total. The first-order valence-electron chi connectivity index (χ1n) is 19.8. The number of amides is 3. The highest BCUT2D eigenvalue weighted by molar-refractivity contribution is 9.09. The van der Waals surface area contributed by atoms with E-state index in [2.05, 4.69) is 49.9 Å². The first-order chi connectivity index (χ1) is 26.4. The summed E-state index contributed by atoms with van der Waals surface area (Å²) in [5, 5.41) is 11.0. The van der Waals surface area contributed by atoms with Crippen molar-refractivity contribution in [2.45, 2.75) is 120 Å². The number of hydrogen-bond acceptors (Lipinski definition) is 7. The summed E-state index contributed by atoms with van der Waals surface area (Å²) in [5.41, 5.74) is -0.586. The first kappa shape index (κ1) is 43.3. The van der Waals surface area contributed by atoms with Crippen molar-refractivity contribution in [3.8, 4) is 0 Å². The van der Waals surface area contributed by atoms with Crippen LogP contribution in [0.5, 0.6) is 0 Å². The van der Waals surface area contributed by atoms with Crippen LogP contribution in [0.2, 0.25) is 0 Å². The van der Waals surface area contributed by atoms with E-state index < -0.39 is 71.8 Å². The number of aliphatic hydroxyl groups is 1. The van der Waals surface area contributed by atoms with Crippen LogP contribution in [-0.4, -0.2) is 104 Å². The molecule has 304 valence electrons. The number of rotatable bonds is 17. The molecular formula is C45H60BrN3O7. The van der Waals surface area contributed by atoms with E-state index in [0.717, 1.165) is 5.56 Å². The van der Waals surface area contributed by atoms with Gasteiger partial charge in [0.25, 0.3) is 0 Å². The van der Waals surface area contributed by atoms with E-state index in [-0.39, 0.29) is 35.0 Å². The third kappa shape index (κ3) is 8.55. The summed E-state index contributed by atoms with van der Waals surface area (Å²) < 4.78 is 13.3. The van der Waals surface area contributed by atoms with Gasteiger partial charge in [0, 0.05) is 30.4 Å². The molecule has 3 aliphatic heterocycles. The Hall–Kier alpha value is -3.80. The van der Waals surface area contributed by atoms with Gasteiger partial charge in [-0.1, -0.05) is 110 Å². The molecule has 0 aliphatic carbocycles. The van der Waals surface area contributed by atoms with Crippen LogP contribution in [0.3, 0.4) is 0 Å². The fourth-order valence-corrected chi connectivity index (χ4v) is 10.5. The summed E-state index contributed by atoms with van der Waals surface area (Å²) in [7, 11) is 1.69. The molecule has 5 rings (SSSR count). The number of alkyl halides is 1. The molecule has 0 radical (unpaired) electrons. The Morgan fingerprint density at radius 3 is 2.25 bits per heavy atom. The van der Waals surface area contributed by atoms with Gasteiger partial charge in [-0.2, -0.15) is 0 Å². The van der Waals surface area contributed by atoms with Crippen LogP contribution in [0.15, 0.2) is 86.0 Å². The van der Waals surface area contributed by atoms with Gasteiger partial charge < -0.3 is 29.3 Å². The van der Waals surface area contributed by atoms with Crippen molar-refractivity contribution in [2.24, 2.45) is 17.3 Å². The Bertz CT molecular complexity index is 1750. The summed E-state index contributed by atoms with van der Waals surface area (Å²) in [5.74, 6) is -3.61. The number of fused-ring (bicyclic) bond motifs is 1. The quantitative estimate of drug-likeness (QED) is 0.108. The molecule has 3 fully saturated rings. The molecular weight excluding hydrogens is 774 g/mol. The number of carbonyl (C=O) groups excluding carboxylic acids is 4. The zero-order chi connectivity index (χ0) is 41.2. The summed E-state index contributed by atoms with van der Waals surface area (Å²) in [4.78, 5) is 63.1. The molecule has 56 heavy (non-hydrogen) atoms. The smallest absolute Gasteiger partial charge is 0.313 e. The lowest BCUT2D eigenvalue weighted by molar-refractivity contribution is -0.165. The number of likely N-dealkylation sites (tertiary alicyclic amines) is 1. The molecule has 1 N–H and O–H groups in total. The lowest BCUT2D eigenvalue weighted by Crippen LogP contribution is -2.63. The summed E-state index contributed by atoms with van der Waals surface area (Å²) in [6.07, 6.45) is 3.79. The SMILES string of the molecule is C=CCCC(=O)N(C)[C@@H](C)[C@@H](OC(=O)[C@@H]1[C@H]2O[C@@]3(CC2Br)[C@H](C(=O)N(CC=C)C(C)(C)CC(C)(C)C)N([C@@H](CO)Cc2ccccc2)C(=O)[C@@H]13)c1ccccc1. The third-order valence-electron chi connectivity index (χ3n) is 11.8. The van der Waals surface area contributed by atoms with E-state index in [1.54, 1.807) is 29.0 Å². The van der Waals surface area contributed by atoms with Gasteiger partial charge >= 0.3 is 5.97 Å². The summed E-state index contributed by atoms with van der Waals surface area (Å²) >= 11 is 3.80. The summed E-state index contributed by atoms with van der Waals surface area (Å²) in [6.45, 7) is 19.8. The van der Waals surface area contributed by atoms with Gasteiger partial charge in [-0.25, -0.2) is 0 Å². The Morgan fingerprint density at radius 2 is 1.68 bits per heavy atom. The number of nitrogens with zero attached hydrogens (tertiary/aromatic N) is 3. The lowest BCUT2D eigenvalue weighted by atomic mass is 9.70. The number of carbonyl (C=O) groups is 4. The molecule has 3 heterocycles. The highest BCUT2D eigenvalue weighted by Crippen LogP contribution is 2.61. The van der Waals surface area contributed by atoms with Crippen molar-refractivity contribution in [1.29, 1.82) is 0 Å². The lowest BCUT2D eigenvalue weighted by Gasteiger charge is -2.46. The number of allylic oxidation sites excluding steroid dienone is 1. The van der Waals surface area contributed by atoms with Gasteiger partial charge in [0.1, 0.15) is 17.7 Å². The molecule has 2 bridgehead atoms. The maximum absolute atomic E-state index is 15.4. The van der Waals surface area contributed by atoms with E-state index in [1.807, 2.05) is 81.4 Å². The number of hydrogen-bond donors (Lipinski definition) is 1. The Balaban J connectivity index is 1.59. The maximum atomic E-state index is 15.4. The van der Waals surface area contributed by atoms with Crippen molar-refractivity contribution in [1.82, 2.24) is 14.7 Å². The van der Waals surface area contributed by atoms with Gasteiger partial charge in [0.05, 0.1) is 36.6 Å². The standard InChI is InChI=1S/C45H60BrN3O7/c1-10-12-23-34(51)47(9)29(3)37(31-21-17-14-18-22-31)55-42(54)35-36-40(52)49(32(27-50)25-30-19-15-13-16-20-30)39(45(36)26-33(46)38(35)56-45)41(53)48(24-11-2)44(7,8)28-43(4,5)6/h10-11,13-22,29,32-33,35-39,50H,1-2,12,23-28H2,3-9H3/t29-,32+,33?,35-,36+,37+,38-,39-,45+/m0/s1. The second-order valence-corrected chi connectivity index (χ2v) is 18.7. The molecule has 3 saturated heterocycles. The fourth-order valence-electron chi connectivity index (χ4n) is 9.58. The van der Waals surface area contributed by atoms with Crippen LogP contribution < -0.4 is 0 Å². The number of benzene rings is 2. The Morgan fingerprint density at radius 1 is 1.05 bits per heavy atom. The first-order valence-corrected chi connectivity index (χ1v) is 20.7. The third-order valence-corrected chi connectivity index (χ3v) is 12.6. The zero-order valence-corrected chi connectivity index (χ0v) is 35.6. The Kier molecular flexibility index (Phi) is 13.4. The highest BCUT2D eigenvalue weighted by Gasteiger charge is 2.78. The van der Waals surface area contributed by atoms with Gasteiger partial charge in [-0.3, -0.25) is 19.2 Å². The van der Waals surface area contributed by atoms with Crippen LogP contribution >= 0.6 is 15.9 Å². The molecule has 9 atom stereocenters. The van der Waals surface area contributed by atoms with Crippen molar-refractivity contribution in [3.05, 3.63) is 97.1 Å². The number of likely N-dealkylation sites (N-methyl/N-ethyl adjacent to an activating group) is 1. The van der Waals surface area contributed by atoms with Crippen molar-refractivity contribution in [2.75, 3.05) is 20.2 Å². The van der Waals surface area contributed by atoms with Crippen LogP contribution in [0.1, 0.15) is 84.5 Å². The molecule has 2 aromatic rings. The molecule has 0 aromatic heterocycles. The average Bonchev–Trinajstić information content (AvgIpc) is 3.75. The summed E-state index contributed by atoms with van der Waals surface area (Å²) in [6, 6.07) is 16.3. The van der Waals surface area contributed by atoms with E-state index in [9.17, 15) is 14.7 Å². The van der Waals surface area contributed by atoms with Gasteiger partial charge in [0.2, 0.25) is 17.7 Å².